The second-order valence-electron chi connectivity index (χ2n) is 8.88. The number of carbonyl (C=O) groups excluding carboxylic acids is 1. The van der Waals surface area contributed by atoms with E-state index in [-0.39, 0.29) is 12.2 Å². The monoisotopic (exact) mass is 478 g/mol. The highest BCUT2D eigenvalue weighted by Gasteiger charge is 2.23. The van der Waals surface area contributed by atoms with Crippen LogP contribution in [0.2, 0.25) is 0 Å². The van der Waals surface area contributed by atoms with Gasteiger partial charge in [-0.25, -0.2) is 0 Å². The molecule has 4 rings (SSSR count). The van der Waals surface area contributed by atoms with Crippen molar-refractivity contribution in [2.75, 3.05) is 0 Å². The van der Waals surface area contributed by atoms with E-state index in [0.717, 1.165) is 35.3 Å². The van der Waals surface area contributed by atoms with E-state index >= 15 is 0 Å². The second kappa shape index (κ2) is 12.5. The van der Waals surface area contributed by atoms with E-state index in [9.17, 15) is 14.7 Å². The fraction of sp³-hybridized carbons (Fsp3) is 0.188. The van der Waals surface area contributed by atoms with Crippen LogP contribution in [0.25, 0.3) is 11.1 Å². The molecule has 0 saturated carbocycles. The molecule has 0 bridgehead atoms. The van der Waals surface area contributed by atoms with E-state index in [2.05, 4.69) is 0 Å². The average Bonchev–Trinajstić information content (AvgIpc) is 2.92. The van der Waals surface area contributed by atoms with Crippen LogP contribution < -0.4 is 4.74 Å². The molecule has 0 aromatic heterocycles. The first-order valence-electron chi connectivity index (χ1n) is 12.3. The van der Waals surface area contributed by atoms with Gasteiger partial charge in [0.1, 0.15) is 12.4 Å². The molecule has 1 unspecified atom stereocenters. The van der Waals surface area contributed by atoms with Crippen LogP contribution in [-0.4, -0.2) is 16.9 Å². The first kappa shape index (κ1) is 24.9. The van der Waals surface area contributed by atoms with Crippen LogP contribution in [0.3, 0.4) is 0 Å². The normalized spacial score (nSPS) is 11.6. The van der Waals surface area contributed by atoms with Gasteiger partial charge in [-0.05, 0) is 53.6 Å². The number of hydrogen-bond donors (Lipinski definition) is 1. The minimum atomic E-state index is -0.922. The van der Waals surface area contributed by atoms with Crippen LogP contribution in [0.4, 0.5) is 0 Å². The van der Waals surface area contributed by atoms with Crippen LogP contribution >= 0.6 is 0 Å². The van der Waals surface area contributed by atoms with Gasteiger partial charge < -0.3 is 9.84 Å². The van der Waals surface area contributed by atoms with Crippen molar-refractivity contribution in [3.8, 4) is 16.9 Å². The van der Waals surface area contributed by atoms with Crippen molar-refractivity contribution in [3.63, 3.8) is 0 Å². The zero-order chi connectivity index (χ0) is 25.2. The van der Waals surface area contributed by atoms with Gasteiger partial charge in [-0.15, -0.1) is 0 Å². The Balaban J connectivity index is 1.41. The van der Waals surface area contributed by atoms with Crippen molar-refractivity contribution >= 4 is 11.8 Å². The fourth-order valence-electron chi connectivity index (χ4n) is 4.29. The zero-order valence-electron chi connectivity index (χ0n) is 20.2. The summed E-state index contributed by atoms with van der Waals surface area (Å²) in [6.07, 6.45) is 1.97. The van der Waals surface area contributed by atoms with Crippen LogP contribution in [0.15, 0.2) is 109 Å². The highest BCUT2D eigenvalue weighted by Crippen LogP contribution is 2.28. The Hall–Kier alpha value is -4.18. The van der Waals surface area contributed by atoms with Gasteiger partial charge in [-0.3, -0.25) is 9.59 Å². The van der Waals surface area contributed by atoms with E-state index in [1.54, 1.807) is 6.07 Å². The van der Waals surface area contributed by atoms with E-state index in [1.165, 1.54) is 5.56 Å². The summed E-state index contributed by atoms with van der Waals surface area (Å²) < 4.78 is 5.88. The number of aryl methyl sites for hydroxylation is 1. The number of Topliss-reactive ketones (excluding diaryl/α,β-unsaturated/α-hetero) is 1. The van der Waals surface area contributed by atoms with Gasteiger partial charge >= 0.3 is 5.97 Å². The van der Waals surface area contributed by atoms with E-state index < -0.39 is 11.9 Å². The quantitative estimate of drug-likeness (QED) is 0.218. The molecule has 0 radical (unpaired) electrons. The first-order chi connectivity index (χ1) is 17.6. The maximum atomic E-state index is 13.2. The van der Waals surface area contributed by atoms with Gasteiger partial charge in [-0.2, -0.15) is 0 Å². The van der Waals surface area contributed by atoms with Gasteiger partial charge in [0.05, 0.1) is 5.92 Å². The SMILES string of the molecule is O=C(CC(CCCc1ccccc1)C(=O)O)c1ccccc1-c1ccc(OCc2ccccc2)cc1. The maximum Gasteiger partial charge on any atom is 0.306 e. The first-order valence-corrected chi connectivity index (χ1v) is 12.3. The summed E-state index contributed by atoms with van der Waals surface area (Å²) in [6.45, 7) is 0.482. The van der Waals surface area contributed by atoms with E-state index in [1.807, 2.05) is 103 Å². The number of ether oxygens (including phenoxy) is 1. The summed E-state index contributed by atoms with van der Waals surface area (Å²) in [5, 5.41) is 9.75. The maximum absolute atomic E-state index is 13.2. The smallest absolute Gasteiger partial charge is 0.306 e. The minimum Gasteiger partial charge on any atom is -0.489 e. The molecule has 0 aliphatic rings. The second-order valence-corrected chi connectivity index (χ2v) is 8.88. The highest BCUT2D eigenvalue weighted by molar-refractivity contribution is 6.03. The number of aliphatic carboxylic acids is 1. The van der Waals surface area contributed by atoms with Crippen LogP contribution in [-0.2, 0) is 17.8 Å². The van der Waals surface area contributed by atoms with Crippen LogP contribution in [0.5, 0.6) is 5.75 Å². The Labute approximate surface area is 212 Å². The minimum absolute atomic E-state index is 0.0145. The third kappa shape index (κ3) is 6.92. The molecule has 0 saturated heterocycles. The predicted octanol–water partition coefficient (Wildman–Crippen LogP) is 7.23. The standard InChI is InChI=1S/C32H30O4/c33-31(22-27(32(34)35)15-9-14-24-10-3-1-4-11-24)30-17-8-7-16-29(30)26-18-20-28(21-19-26)36-23-25-12-5-2-6-13-25/h1-8,10-13,16-21,27H,9,14-15,22-23H2,(H,34,35). The van der Waals surface area contributed by atoms with E-state index in [4.69, 9.17) is 4.74 Å². The Morgan fingerprint density at radius 3 is 2.00 bits per heavy atom. The lowest BCUT2D eigenvalue weighted by atomic mass is 9.89. The molecule has 4 nitrogen and oxygen atoms in total. The third-order valence-corrected chi connectivity index (χ3v) is 6.28. The summed E-state index contributed by atoms with van der Waals surface area (Å²) in [7, 11) is 0. The Bertz CT molecular complexity index is 1260. The van der Waals surface area contributed by atoms with Gasteiger partial charge in [0.2, 0.25) is 0 Å². The molecule has 4 heteroatoms. The number of benzene rings is 4. The summed E-state index contributed by atoms with van der Waals surface area (Å²) in [6, 6.07) is 35.0. The number of hydrogen-bond acceptors (Lipinski definition) is 3. The lowest BCUT2D eigenvalue weighted by molar-refractivity contribution is -0.141. The molecule has 182 valence electrons. The number of rotatable bonds is 12. The van der Waals surface area contributed by atoms with Crippen LogP contribution in [0.1, 0.15) is 40.7 Å². The largest absolute Gasteiger partial charge is 0.489 e. The molecule has 0 amide bonds. The van der Waals surface area contributed by atoms with Gasteiger partial charge in [0, 0.05) is 12.0 Å². The zero-order valence-corrected chi connectivity index (χ0v) is 20.2. The average molecular weight is 479 g/mol. The molecule has 1 N–H and O–H groups in total. The molecular weight excluding hydrogens is 448 g/mol. The molecule has 0 spiro atoms. The Kier molecular flexibility index (Phi) is 8.66. The molecule has 36 heavy (non-hydrogen) atoms. The summed E-state index contributed by atoms with van der Waals surface area (Å²) in [5.41, 5.74) is 4.50. The van der Waals surface area contributed by atoms with Crippen molar-refractivity contribution < 1.29 is 19.4 Å². The molecule has 4 aromatic rings. The van der Waals surface area contributed by atoms with Crippen molar-refractivity contribution in [1.29, 1.82) is 0 Å². The topological polar surface area (TPSA) is 63.6 Å². The van der Waals surface area contributed by atoms with Gasteiger partial charge in [0.15, 0.2) is 5.78 Å². The third-order valence-electron chi connectivity index (χ3n) is 6.28. The van der Waals surface area contributed by atoms with Crippen molar-refractivity contribution in [3.05, 3.63) is 126 Å². The van der Waals surface area contributed by atoms with Crippen molar-refractivity contribution in [2.24, 2.45) is 5.92 Å². The lowest BCUT2D eigenvalue weighted by Crippen LogP contribution is -2.19. The molecular formula is C32H30O4. The molecule has 0 aliphatic heterocycles. The number of carboxylic acid groups (broad SMARTS) is 1. The van der Waals surface area contributed by atoms with Crippen molar-refractivity contribution in [2.45, 2.75) is 32.3 Å². The summed E-state index contributed by atoms with van der Waals surface area (Å²) >= 11 is 0. The summed E-state index contributed by atoms with van der Waals surface area (Å²) in [4.78, 5) is 25.1. The Morgan fingerprint density at radius 1 is 0.722 bits per heavy atom. The summed E-state index contributed by atoms with van der Waals surface area (Å²) in [5.74, 6) is -1.03. The molecule has 0 fully saturated rings. The number of ketones is 1. The molecule has 4 aromatic carbocycles. The predicted molar refractivity (Wildman–Crippen MR) is 142 cm³/mol. The molecule has 0 heterocycles. The van der Waals surface area contributed by atoms with Gasteiger partial charge in [-0.1, -0.05) is 97.1 Å². The molecule has 0 aliphatic carbocycles. The van der Waals surface area contributed by atoms with Crippen LogP contribution in [0, 0.1) is 5.92 Å². The Morgan fingerprint density at radius 2 is 1.33 bits per heavy atom. The fourth-order valence-corrected chi connectivity index (χ4v) is 4.29. The van der Waals surface area contributed by atoms with Gasteiger partial charge in [0.25, 0.3) is 0 Å². The lowest BCUT2D eigenvalue weighted by Gasteiger charge is -2.14. The van der Waals surface area contributed by atoms with E-state index in [0.29, 0.717) is 18.6 Å². The molecule has 1 atom stereocenters. The number of carbonyl (C=O) groups is 2. The van der Waals surface area contributed by atoms with Crippen molar-refractivity contribution in [1.82, 2.24) is 0 Å². The highest BCUT2D eigenvalue weighted by atomic mass is 16.5. The number of carboxylic acids is 1.